The topological polar surface area (TPSA) is 64.3 Å². The fourth-order valence-corrected chi connectivity index (χ4v) is 2.77. The van der Waals surface area contributed by atoms with E-state index < -0.39 is 0 Å². The molecule has 0 atom stereocenters. The van der Waals surface area contributed by atoms with Crippen LogP contribution in [0.15, 0.2) is 29.6 Å². The molecule has 1 aromatic heterocycles. The number of benzene rings is 1. The molecule has 0 saturated carbocycles. The normalized spacial score (nSPS) is 10.1. The van der Waals surface area contributed by atoms with Crippen LogP contribution in [0.2, 0.25) is 0 Å². The molecule has 4 nitrogen and oxygen atoms in total. The highest BCUT2D eigenvalue weighted by atomic mass is 127. The van der Waals surface area contributed by atoms with Gasteiger partial charge in [-0.3, -0.25) is 4.79 Å². The summed E-state index contributed by atoms with van der Waals surface area (Å²) in [7, 11) is 1.55. The molecule has 0 aliphatic heterocycles. The maximum atomic E-state index is 12.0. The summed E-state index contributed by atoms with van der Waals surface area (Å²) in [6.45, 7) is 0. The number of nitrogens with one attached hydrogen (secondary N) is 1. The maximum absolute atomic E-state index is 12.0. The summed E-state index contributed by atoms with van der Waals surface area (Å²) in [5.41, 5.74) is 7.48. The van der Waals surface area contributed by atoms with Crippen molar-refractivity contribution in [2.45, 2.75) is 0 Å². The van der Waals surface area contributed by atoms with Crippen molar-refractivity contribution in [2.24, 2.45) is 0 Å². The smallest absolute Gasteiger partial charge is 0.256 e. The zero-order valence-electron chi connectivity index (χ0n) is 9.57. The number of anilines is 2. The zero-order chi connectivity index (χ0) is 13.1. The lowest BCUT2D eigenvalue weighted by molar-refractivity contribution is 0.102. The molecule has 2 aromatic rings. The van der Waals surface area contributed by atoms with Gasteiger partial charge in [-0.25, -0.2) is 0 Å². The van der Waals surface area contributed by atoms with Gasteiger partial charge in [0, 0.05) is 11.1 Å². The predicted molar refractivity (Wildman–Crippen MR) is 82.4 cm³/mol. The number of nitrogen functional groups attached to an aromatic ring is 1. The van der Waals surface area contributed by atoms with Gasteiger partial charge >= 0.3 is 0 Å². The molecule has 0 spiro atoms. The Morgan fingerprint density at radius 1 is 1.44 bits per heavy atom. The SMILES string of the molecule is COc1ccc(N)cc1NC(=O)c1csc(I)c1. The van der Waals surface area contributed by atoms with Gasteiger partial charge in [-0.05, 0) is 46.9 Å². The quantitative estimate of drug-likeness (QED) is 0.641. The fraction of sp³-hybridized carbons (Fsp3) is 0.0833. The minimum absolute atomic E-state index is 0.168. The molecular weight excluding hydrogens is 363 g/mol. The number of ether oxygens (including phenoxy) is 1. The molecule has 1 aromatic carbocycles. The molecule has 0 aliphatic carbocycles. The van der Waals surface area contributed by atoms with Crippen LogP contribution >= 0.6 is 33.9 Å². The van der Waals surface area contributed by atoms with Crippen LogP contribution in [-0.2, 0) is 0 Å². The second kappa shape index (κ2) is 5.57. The standard InChI is InChI=1S/C12H11IN2O2S/c1-17-10-3-2-8(14)5-9(10)15-12(16)7-4-11(13)18-6-7/h2-6H,14H2,1H3,(H,15,16). The van der Waals surface area contributed by atoms with Gasteiger partial charge in [0.05, 0.1) is 21.2 Å². The molecule has 0 bridgehead atoms. The molecule has 18 heavy (non-hydrogen) atoms. The number of carbonyl (C=O) groups excluding carboxylic acids is 1. The summed E-state index contributed by atoms with van der Waals surface area (Å²) in [5.74, 6) is 0.417. The van der Waals surface area contributed by atoms with Gasteiger partial charge in [-0.1, -0.05) is 0 Å². The first-order valence-corrected chi connectivity index (χ1v) is 7.05. The molecule has 0 saturated heterocycles. The van der Waals surface area contributed by atoms with Crippen molar-refractivity contribution >= 4 is 51.2 Å². The van der Waals surface area contributed by atoms with E-state index in [-0.39, 0.29) is 5.91 Å². The molecule has 0 radical (unpaired) electrons. The van der Waals surface area contributed by atoms with Crippen LogP contribution in [0.3, 0.4) is 0 Å². The molecular formula is C12H11IN2O2S. The van der Waals surface area contributed by atoms with E-state index in [0.717, 1.165) is 2.88 Å². The average Bonchev–Trinajstić information content (AvgIpc) is 2.76. The van der Waals surface area contributed by atoms with Crippen LogP contribution in [0.25, 0.3) is 0 Å². The summed E-state index contributed by atoms with van der Waals surface area (Å²) in [4.78, 5) is 12.0. The van der Waals surface area contributed by atoms with Crippen molar-refractivity contribution < 1.29 is 9.53 Å². The summed E-state index contributed by atoms with van der Waals surface area (Å²) in [6.07, 6.45) is 0. The van der Waals surface area contributed by atoms with Crippen molar-refractivity contribution in [3.05, 3.63) is 38.1 Å². The number of amides is 1. The minimum Gasteiger partial charge on any atom is -0.495 e. The van der Waals surface area contributed by atoms with Crippen LogP contribution in [0, 0.1) is 2.88 Å². The number of carbonyl (C=O) groups is 1. The van der Waals surface area contributed by atoms with Gasteiger partial charge in [-0.15, -0.1) is 11.3 Å². The molecule has 1 amide bonds. The summed E-state index contributed by atoms with van der Waals surface area (Å²) >= 11 is 3.70. The van der Waals surface area contributed by atoms with Crippen molar-refractivity contribution in [2.75, 3.05) is 18.2 Å². The first-order valence-electron chi connectivity index (χ1n) is 5.09. The van der Waals surface area contributed by atoms with Gasteiger partial charge in [0.2, 0.25) is 0 Å². The van der Waals surface area contributed by atoms with E-state index in [1.165, 1.54) is 11.3 Å². The second-order valence-electron chi connectivity index (χ2n) is 3.55. The Morgan fingerprint density at radius 2 is 2.22 bits per heavy atom. The Balaban J connectivity index is 2.23. The van der Waals surface area contributed by atoms with Gasteiger partial charge in [0.1, 0.15) is 5.75 Å². The maximum Gasteiger partial charge on any atom is 0.256 e. The van der Waals surface area contributed by atoms with Gasteiger partial charge in [0.15, 0.2) is 0 Å². The Labute approximate surface area is 122 Å². The first-order chi connectivity index (χ1) is 8.60. The molecule has 0 unspecified atom stereocenters. The summed E-state index contributed by atoms with van der Waals surface area (Å²) in [5, 5.41) is 4.61. The van der Waals surface area contributed by atoms with Gasteiger partial charge in [-0.2, -0.15) is 0 Å². The zero-order valence-corrected chi connectivity index (χ0v) is 12.5. The van der Waals surface area contributed by atoms with E-state index in [9.17, 15) is 4.79 Å². The highest BCUT2D eigenvalue weighted by Crippen LogP contribution is 2.27. The minimum atomic E-state index is -0.168. The third-order valence-electron chi connectivity index (χ3n) is 2.30. The van der Waals surface area contributed by atoms with Crippen molar-refractivity contribution in [3.63, 3.8) is 0 Å². The van der Waals surface area contributed by atoms with Crippen LogP contribution in [-0.4, -0.2) is 13.0 Å². The van der Waals surface area contributed by atoms with Crippen molar-refractivity contribution in [3.8, 4) is 5.75 Å². The van der Waals surface area contributed by atoms with Crippen molar-refractivity contribution in [1.29, 1.82) is 0 Å². The van der Waals surface area contributed by atoms with Crippen LogP contribution in [0.1, 0.15) is 10.4 Å². The van der Waals surface area contributed by atoms with E-state index in [0.29, 0.717) is 22.7 Å². The van der Waals surface area contributed by atoms with E-state index >= 15 is 0 Å². The third kappa shape index (κ3) is 2.94. The lowest BCUT2D eigenvalue weighted by Gasteiger charge is -2.10. The molecule has 0 fully saturated rings. The van der Waals surface area contributed by atoms with E-state index in [1.54, 1.807) is 25.3 Å². The summed E-state index contributed by atoms with van der Waals surface area (Å²) < 4.78 is 6.24. The lowest BCUT2D eigenvalue weighted by Crippen LogP contribution is -2.12. The fourth-order valence-electron chi connectivity index (χ4n) is 1.45. The number of hydrogen-bond donors (Lipinski definition) is 2. The van der Waals surface area contributed by atoms with Gasteiger partial charge in [0.25, 0.3) is 5.91 Å². The van der Waals surface area contributed by atoms with Crippen LogP contribution in [0.4, 0.5) is 11.4 Å². The van der Waals surface area contributed by atoms with Crippen LogP contribution < -0.4 is 15.8 Å². The van der Waals surface area contributed by atoms with E-state index in [4.69, 9.17) is 10.5 Å². The molecule has 3 N–H and O–H groups in total. The van der Waals surface area contributed by atoms with E-state index in [2.05, 4.69) is 27.9 Å². The Bertz CT molecular complexity index is 583. The molecule has 1 heterocycles. The van der Waals surface area contributed by atoms with Crippen LogP contribution in [0.5, 0.6) is 5.75 Å². The molecule has 94 valence electrons. The Hall–Kier alpha value is -1.28. The van der Waals surface area contributed by atoms with Crippen molar-refractivity contribution in [1.82, 2.24) is 0 Å². The number of hydrogen-bond acceptors (Lipinski definition) is 4. The average molecular weight is 374 g/mol. The number of halogens is 1. The molecule has 0 aliphatic rings. The first kappa shape index (κ1) is 13.2. The number of rotatable bonds is 3. The highest BCUT2D eigenvalue weighted by Gasteiger charge is 2.11. The molecule has 6 heteroatoms. The number of nitrogens with two attached hydrogens (primary N) is 1. The summed E-state index contributed by atoms with van der Waals surface area (Å²) in [6, 6.07) is 6.96. The predicted octanol–water partition coefficient (Wildman–Crippen LogP) is 3.20. The Morgan fingerprint density at radius 3 is 2.83 bits per heavy atom. The highest BCUT2D eigenvalue weighted by molar-refractivity contribution is 14.1. The monoisotopic (exact) mass is 374 g/mol. The second-order valence-corrected chi connectivity index (χ2v) is 6.36. The number of thiophene rings is 1. The van der Waals surface area contributed by atoms with Gasteiger partial charge < -0.3 is 15.8 Å². The Kier molecular flexibility index (Phi) is 4.07. The molecule has 2 rings (SSSR count). The third-order valence-corrected chi connectivity index (χ3v) is 4.09. The lowest BCUT2D eigenvalue weighted by atomic mass is 10.2. The van der Waals surface area contributed by atoms with E-state index in [1.807, 2.05) is 11.4 Å². The largest absolute Gasteiger partial charge is 0.495 e. The number of methoxy groups -OCH3 is 1.